The molecule has 2 aromatic rings. The molecule has 0 saturated heterocycles. The van der Waals surface area contributed by atoms with Gasteiger partial charge in [0, 0.05) is 18.2 Å². The highest BCUT2D eigenvalue weighted by atomic mass is 16.3. The Morgan fingerprint density at radius 2 is 1.80 bits per heavy atom. The summed E-state index contributed by atoms with van der Waals surface area (Å²) in [6.45, 7) is 2.50. The normalized spacial score (nSPS) is 12.3. The third-order valence-corrected chi connectivity index (χ3v) is 3.45. The summed E-state index contributed by atoms with van der Waals surface area (Å²) in [6.07, 6.45) is 0.768. The molecular weight excluding hydrogens is 250 g/mol. The number of nitrogens with one attached hydrogen (secondary N) is 1. The lowest BCUT2D eigenvalue weighted by molar-refractivity contribution is 0.240. The van der Waals surface area contributed by atoms with Gasteiger partial charge in [0.2, 0.25) is 0 Å². The molecule has 0 aromatic heterocycles. The molecule has 0 aliphatic carbocycles. The van der Waals surface area contributed by atoms with Crippen molar-refractivity contribution in [3.8, 4) is 5.75 Å². The minimum absolute atomic E-state index is 0.0164. The molecule has 0 aliphatic rings. The molecular formula is C17H21NO2. The van der Waals surface area contributed by atoms with E-state index >= 15 is 0 Å². The van der Waals surface area contributed by atoms with Gasteiger partial charge in [0.1, 0.15) is 5.75 Å². The van der Waals surface area contributed by atoms with Crippen molar-refractivity contribution < 1.29 is 10.2 Å². The molecule has 0 saturated carbocycles. The Labute approximate surface area is 119 Å². The van der Waals surface area contributed by atoms with Crippen LogP contribution in [0.3, 0.4) is 0 Å². The molecule has 20 heavy (non-hydrogen) atoms. The first kappa shape index (κ1) is 14.6. The number of hydrogen-bond donors (Lipinski definition) is 3. The van der Waals surface area contributed by atoms with Gasteiger partial charge in [-0.3, -0.25) is 0 Å². The molecule has 1 atom stereocenters. The fourth-order valence-electron chi connectivity index (χ4n) is 2.22. The van der Waals surface area contributed by atoms with E-state index in [0.717, 1.165) is 17.5 Å². The van der Waals surface area contributed by atoms with Gasteiger partial charge in [0.25, 0.3) is 0 Å². The number of benzene rings is 2. The van der Waals surface area contributed by atoms with E-state index in [1.54, 1.807) is 0 Å². The van der Waals surface area contributed by atoms with E-state index in [0.29, 0.717) is 12.3 Å². The van der Waals surface area contributed by atoms with E-state index in [1.807, 2.05) is 43.3 Å². The molecule has 0 aliphatic heterocycles. The van der Waals surface area contributed by atoms with Crippen LogP contribution in [0, 0.1) is 6.92 Å². The second-order valence-electron chi connectivity index (χ2n) is 5.03. The maximum absolute atomic E-state index is 9.97. The Bertz CT molecular complexity index is 540. The van der Waals surface area contributed by atoms with Crippen LogP contribution in [0.25, 0.3) is 0 Å². The number of aliphatic hydroxyl groups excluding tert-OH is 1. The van der Waals surface area contributed by atoms with E-state index < -0.39 is 0 Å². The lowest BCUT2D eigenvalue weighted by Crippen LogP contribution is -2.34. The molecule has 0 heterocycles. The fraction of sp³-hybridized carbons (Fsp3) is 0.294. The number of phenols is 1. The van der Waals surface area contributed by atoms with E-state index in [2.05, 4.69) is 17.4 Å². The van der Waals surface area contributed by atoms with Crippen molar-refractivity contribution in [3.05, 3.63) is 65.2 Å². The van der Waals surface area contributed by atoms with Crippen LogP contribution < -0.4 is 5.32 Å². The summed E-state index contributed by atoms with van der Waals surface area (Å²) >= 11 is 0. The molecule has 3 nitrogen and oxygen atoms in total. The molecule has 0 radical (unpaired) electrons. The summed E-state index contributed by atoms with van der Waals surface area (Å²) in [4.78, 5) is 0. The molecule has 0 spiro atoms. The number of aromatic hydroxyl groups is 1. The number of aliphatic hydroxyl groups is 1. The molecule has 3 heteroatoms. The van der Waals surface area contributed by atoms with Gasteiger partial charge in [-0.15, -0.1) is 0 Å². The molecule has 2 rings (SSSR count). The maximum Gasteiger partial charge on any atom is 0.122 e. The Hall–Kier alpha value is -1.84. The summed E-state index contributed by atoms with van der Waals surface area (Å²) < 4.78 is 0. The highest BCUT2D eigenvalue weighted by Gasteiger charge is 2.10. The van der Waals surface area contributed by atoms with E-state index in [-0.39, 0.29) is 12.6 Å². The molecule has 0 unspecified atom stereocenters. The zero-order valence-corrected chi connectivity index (χ0v) is 11.7. The van der Waals surface area contributed by atoms with Crippen LogP contribution >= 0.6 is 0 Å². The van der Waals surface area contributed by atoms with Crippen LogP contribution in [0.1, 0.15) is 16.7 Å². The van der Waals surface area contributed by atoms with Crippen molar-refractivity contribution in [2.45, 2.75) is 25.9 Å². The van der Waals surface area contributed by atoms with Crippen LogP contribution in [0.5, 0.6) is 5.75 Å². The van der Waals surface area contributed by atoms with Gasteiger partial charge < -0.3 is 15.5 Å². The van der Waals surface area contributed by atoms with Gasteiger partial charge in [0.05, 0.1) is 6.61 Å². The average molecular weight is 271 g/mol. The first-order valence-electron chi connectivity index (χ1n) is 6.86. The molecule has 106 valence electrons. The zero-order valence-electron chi connectivity index (χ0n) is 11.7. The zero-order chi connectivity index (χ0) is 14.4. The van der Waals surface area contributed by atoms with Crippen LogP contribution in [0.4, 0.5) is 0 Å². The highest BCUT2D eigenvalue weighted by Crippen LogP contribution is 2.21. The first-order valence-corrected chi connectivity index (χ1v) is 6.86. The maximum atomic E-state index is 9.97. The fourth-order valence-corrected chi connectivity index (χ4v) is 2.22. The minimum Gasteiger partial charge on any atom is -0.507 e. The first-order chi connectivity index (χ1) is 9.70. The molecule has 0 bridgehead atoms. The van der Waals surface area contributed by atoms with E-state index in [9.17, 15) is 10.2 Å². The van der Waals surface area contributed by atoms with E-state index in [1.165, 1.54) is 5.56 Å². The Morgan fingerprint density at radius 3 is 2.50 bits per heavy atom. The Morgan fingerprint density at radius 1 is 1.05 bits per heavy atom. The monoisotopic (exact) mass is 271 g/mol. The van der Waals surface area contributed by atoms with Crippen LogP contribution in [0.2, 0.25) is 0 Å². The third-order valence-electron chi connectivity index (χ3n) is 3.45. The lowest BCUT2D eigenvalue weighted by atomic mass is 10.1. The Kier molecular flexibility index (Phi) is 5.16. The van der Waals surface area contributed by atoms with Crippen molar-refractivity contribution >= 4 is 0 Å². The smallest absolute Gasteiger partial charge is 0.122 e. The van der Waals surface area contributed by atoms with Crippen molar-refractivity contribution in [1.82, 2.24) is 5.32 Å². The number of phenolic OH excluding ortho intramolecular Hbond substituents is 1. The quantitative estimate of drug-likeness (QED) is 0.756. The van der Waals surface area contributed by atoms with Crippen molar-refractivity contribution in [1.29, 1.82) is 0 Å². The topological polar surface area (TPSA) is 52.5 Å². The molecule has 0 fully saturated rings. The van der Waals surface area contributed by atoms with Crippen molar-refractivity contribution in [2.75, 3.05) is 6.61 Å². The van der Waals surface area contributed by atoms with E-state index in [4.69, 9.17) is 0 Å². The largest absolute Gasteiger partial charge is 0.507 e. The summed E-state index contributed by atoms with van der Waals surface area (Å²) in [5.41, 5.74) is 2.91. The predicted octanol–water partition coefficient (Wildman–Crippen LogP) is 2.39. The standard InChI is InChI=1S/C17H21NO2/c1-13-6-5-9-15(17(13)20)11-18-16(12-19)10-14-7-3-2-4-8-14/h2-9,16,18-20H,10-12H2,1H3/t16-/m0/s1. The molecule has 3 N–H and O–H groups in total. The molecule has 2 aromatic carbocycles. The van der Waals surface area contributed by atoms with Crippen LogP contribution in [0.15, 0.2) is 48.5 Å². The second kappa shape index (κ2) is 7.08. The van der Waals surface area contributed by atoms with Gasteiger partial charge in [0.15, 0.2) is 0 Å². The van der Waals surface area contributed by atoms with Gasteiger partial charge >= 0.3 is 0 Å². The predicted molar refractivity (Wildman–Crippen MR) is 80.7 cm³/mol. The van der Waals surface area contributed by atoms with Gasteiger partial charge in [-0.25, -0.2) is 0 Å². The number of hydrogen-bond acceptors (Lipinski definition) is 3. The number of para-hydroxylation sites is 1. The SMILES string of the molecule is Cc1cccc(CN[C@H](CO)Cc2ccccc2)c1O. The lowest BCUT2D eigenvalue weighted by Gasteiger charge is -2.17. The van der Waals surface area contributed by atoms with Crippen LogP contribution in [-0.4, -0.2) is 22.9 Å². The summed E-state index contributed by atoms with van der Waals surface area (Å²) in [5.74, 6) is 0.330. The third kappa shape index (κ3) is 3.83. The summed E-state index contributed by atoms with van der Waals surface area (Å²) in [6, 6.07) is 15.8. The van der Waals surface area contributed by atoms with Crippen LogP contribution in [-0.2, 0) is 13.0 Å². The highest BCUT2D eigenvalue weighted by molar-refractivity contribution is 5.39. The van der Waals surface area contributed by atoms with Crippen molar-refractivity contribution in [3.63, 3.8) is 0 Å². The molecule has 0 amide bonds. The number of rotatable bonds is 6. The Balaban J connectivity index is 1.95. The average Bonchev–Trinajstić information content (AvgIpc) is 2.48. The second-order valence-corrected chi connectivity index (χ2v) is 5.03. The number of aryl methyl sites for hydroxylation is 1. The van der Waals surface area contributed by atoms with Gasteiger partial charge in [-0.05, 0) is 24.5 Å². The van der Waals surface area contributed by atoms with Gasteiger partial charge in [-0.1, -0.05) is 48.5 Å². The van der Waals surface area contributed by atoms with Crippen molar-refractivity contribution in [2.24, 2.45) is 0 Å². The van der Waals surface area contributed by atoms with Gasteiger partial charge in [-0.2, -0.15) is 0 Å². The summed E-state index contributed by atoms with van der Waals surface area (Å²) in [7, 11) is 0. The minimum atomic E-state index is -0.0164. The summed E-state index contributed by atoms with van der Waals surface area (Å²) in [5, 5.41) is 22.7.